The van der Waals surface area contributed by atoms with Crippen LogP contribution in [0.1, 0.15) is 31.7 Å². The Labute approximate surface area is 126 Å². The van der Waals surface area contributed by atoms with Crippen LogP contribution in [0.15, 0.2) is 18.2 Å². The van der Waals surface area contributed by atoms with Crippen LogP contribution in [0, 0.1) is 12.8 Å². The summed E-state index contributed by atoms with van der Waals surface area (Å²) >= 11 is 5.96. The van der Waals surface area contributed by atoms with Crippen LogP contribution in [0.4, 0.5) is 0 Å². The van der Waals surface area contributed by atoms with Crippen molar-refractivity contribution in [3.63, 3.8) is 0 Å². The van der Waals surface area contributed by atoms with Crippen LogP contribution < -0.4 is 10.1 Å². The first-order chi connectivity index (χ1) is 9.54. The van der Waals surface area contributed by atoms with Gasteiger partial charge in [-0.15, -0.1) is 0 Å². The van der Waals surface area contributed by atoms with Gasteiger partial charge in [-0.25, -0.2) is 0 Å². The normalized spacial score (nSPS) is 17.8. The highest BCUT2D eigenvalue weighted by Gasteiger charge is 2.23. The lowest BCUT2D eigenvalue weighted by atomic mass is 10.1. The molecule has 2 rings (SSSR count). The summed E-state index contributed by atoms with van der Waals surface area (Å²) in [6, 6.07) is 5.99. The van der Waals surface area contributed by atoms with E-state index >= 15 is 0 Å². The van der Waals surface area contributed by atoms with Gasteiger partial charge in [0, 0.05) is 17.6 Å². The van der Waals surface area contributed by atoms with Crippen LogP contribution >= 0.6 is 11.6 Å². The van der Waals surface area contributed by atoms with Gasteiger partial charge in [0.2, 0.25) is 0 Å². The number of hydrogen-bond acceptors (Lipinski definition) is 3. The van der Waals surface area contributed by atoms with Crippen molar-refractivity contribution in [2.24, 2.45) is 5.92 Å². The van der Waals surface area contributed by atoms with Gasteiger partial charge < -0.3 is 15.2 Å². The largest absolute Gasteiger partial charge is 0.491 e. The molecule has 2 N–H and O–H groups in total. The molecule has 1 saturated carbocycles. The molecule has 2 atom stereocenters. The molecule has 4 heteroatoms. The smallest absolute Gasteiger partial charge is 0.119 e. The van der Waals surface area contributed by atoms with Crippen molar-refractivity contribution in [3.8, 4) is 5.75 Å². The van der Waals surface area contributed by atoms with Gasteiger partial charge in [0.25, 0.3) is 0 Å². The molecular formula is C16H24ClNO2. The van der Waals surface area contributed by atoms with Gasteiger partial charge in [0.05, 0.1) is 0 Å². The zero-order valence-corrected chi connectivity index (χ0v) is 13.0. The Morgan fingerprint density at radius 2 is 2.20 bits per heavy atom. The van der Waals surface area contributed by atoms with Crippen LogP contribution in [0.2, 0.25) is 5.02 Å². The van der Waals surface area contributed by atoms with Crippen molar-refractivity contribution in [1.82, 2.24) is 5.32 Å². The minimum Gasteiger partial charge on any atom is -0.491 e. The Balaban J connectivity index is 1.65. The molecule has 1 aromatic rings. The summed E-state index contributed by atoms with van der Waals surface area (Å²) in [5.74, 6) is 1.65. The van der Waals surface area contributed by atoms with Gasteiger partial charge in [-0.05, 0) is 49.9 Å². The third-order valence-corrected chi connectivity index (χ3v) is 4.08. The molecule has 0 unspecified atom stereocenters. The molecule has 1 aliphatic rings. The van der Waals surface area contributed by atoms with E-state index in [-0.39, 0.29) is 0 Å². The minimum absolute atomic E-state index is 0.296. The zero-order valence-electron chi connectivity index (χ0n) is 12.2. The molecule has 1 fully saturated rings. The van der Waals surface area contributed by atoms with E-state index in [1.807, 2.05) is 25.1 Å². The van der Waals surface area contributed by atoms with Gasteiger partial charge in [0.1, 0.15) is 18.5 Å². The van der Waals surface area contributed by atoms with E-state index < -0.39 is 6.10 Å². The molecule has 1 aliphatic carbocycles. The molecule has 0 spiro atoms. The predicted molar refractivity (Wildman–Crippen MR) is 82.5 cm³/mol. The summed E-state index contributed by atoms with van der Waals surface area (Å²) in [7, 11) is 0. The van der Waals surface area contributed by atoms with E-state index in [0.29, 0.717) is 19.2 Å². The highest BCUT2D eigenvalue weighted by atomic mass is 35.5. The minimum atomic E-state index is -0.493. The fourth-order valence-corrected chi connectivity index (χ4v) is 2.35. The molecule has 0 heterocycles. The molecule has 3 nitrogen and oxygen atoms in total. The molecule has 1 aromatic carbocycles. The first-order valence-electron chi connectivity index (χ1n) is 7.35. The summed E-state index contributed by atoms with van der Waals surface area (Å²) < 4.78 is 5.58. The van der Waals surface area contributed by atoms with E-state index in [1.165, 1.54) is 19.3 Å². The Bertz CT molecular complexity index is 434. The Hall–Kier alpha value is -0.770. The third kappa shape index (κ3) is 5.31. The SMILES string of the molecule is Cc1cc(OC[C@H](O)CN[C@@H](C)CC2CC2)ccc1Cl. The summed E-state index contributed by atoms with van der Waals surface area (Å²) in [4.78, 5) is 0. The summed E-state index contributed by atoms with van der Waals surface area (Å²) in [5, 5.41) is 14.0. The second-order valence-corrected chi connectivity index (χ2v) is 6.27. The molecular weight excluding hydrogens is 274 g/mol. The lowest BCUT2D eigenvalue weighted by Gasteiger charge is -2.17. The summed E-state index contributed by atoms with van der Waals surface area (Å²) in [6.45, 7) is 4.98. The Morgan fingerprint density at radius 3 is 2.85 bits per heavy atom. The monoisotopic (exact) mass is 297 g/mol. The van der Waals surface area contributed by atoms with E-state index in [1.54, 1.807) is 0 Å². The quantitative estimate of drug-likeness (QED) is 0.774. The molecule has 0 saturated heterocycles. The zero-order chi connectivity index (χ0) is 14.5. The topological polar surface area (TPSA) is 41.5 Å². The number of nitrogens with one attached hydrogen (secondary N) is 1. The number of halogens is 1. The number of rotatable bonds is 8. The van der Waals surface area contributed by atoms with Crippen molar-refractivity contribution in [2.45, 2.75) is 45.3 Å². The number of benzene rings is 1. The maximum Gasteiger partial charge on any atom is 0.119 e. The number of aliphatic hydroxyl groups excluding tert-OH is 1. The standard InChI is InChI=1S/C16H24ClNO2/c1-11-7-15(5-6-16(11)17)20-10-14(19)9-18-12(2)8-13-3-4-13/h5-7,12-14,18-19H,3-4,8-10H2,1-2H3/t12-,14+/m0/s1. The second-order valence-electron chi connectivity index (χ2n) is 5.86. The van der Waals surface area contributed by atoms with E-state index in [2.05, 4.69) is 12.2 Å². The Morgan fingerprint density at radius 1 is 1.45 bits per heavy atom. The molecule has 0 aliphatic heterocycles. The number of ether oxygens (including phenoxy) is 1. The first kappa shape index (κ1) is 15.6. The highest BCUT2D eigenvalue weighted by Crippen LogP contribution is 2.33. The lowest BCUT2D eigenvalue weighted by molar-refractivity contribution is 0.103. The Kier molecular flexibility index (Phi) is 5.70. The fourth-order valence-electron chi connectivity index (χ4n) is 2.23. The molecule has 0 radical (unpaired) electrons. The van der Waals surface area contributed by atoms with Gasteiger partial charge >= 0.3 is 0 Å². The van der Waals surface area contributed by atoms with Crippen molar-refractivity contribution < 1.29 is 9.84 Å². The van der Waals surface area contributed by atoms with Gasteiger partial charge in [-0.3, -0.25) is 0 Å². The molecule has 0 aromatic heterocycles. The van der Waals surface area contributed by atoms with Gasteiger partial charge in [-0.2, -0.15) is 0 Å². The molecule has 0 amide bonds. The predicted octanol–water partition coefficient (Wildman–Crippen LogP) is 3.17. The third-order valence-electron chi connectivity index (χ3n) is 3.66. The molecule has 0 bridgehead atoms. The van der Waals surface area contributed by atoms with Crippen LogP contribution in [0.5, 0.6) is 5.75 Å². The number of aryl methyl sites for hydroxylation is 1. The molecule has 20 heavy (non-hydrogen) atoms. The second kappa shape index (κ2) is 7.30. The maximum atomic E-state index is 9.92. The van der Waals surface area contributed by atoms with E-state index in [0.717, 1.165) is 22.3 Å². The number of hydrogen-bond donors (Lipinski definition) is 2. The van der Waals surface area contributed by atoms with Gasteiger partial charge in [-0.1, -0.05) is 24.4 Å². The van der Waals surface area contributed by atoms with Crippen LogP contribution in [0.3, 0.4) is 0 Å². The lowest BCUT2D eigenvalue weighted by Crippen LogP contribution is -2.36. The van der Waals surface area contributed by atoms with E-state index in [4.69, 9.17) is 16.3 Å². The maximum absolute atomic E-state index is 9.92. The fraction of sp³-hybridized carbons (Fsp3) is 0.625. The first-order valence-corrected chi connectivity index (χ1v) is 7.73. The number of aliphatic hydroxyl groups is 1. The molecule has 112 valence electrons. The van der Waals surface area contributed by atoms with Crippen molar-refractivity contribution in [2.75, 3.05) is 13.2 Å². The van der Waals surface area contributed by atoms with Crippen LogP contribution in [0.25, 0.3) is 0 Å². The van der Waals surface area contributed by atoms with Crippen LogP contribution in [-0.2, 0) is 0 Å². The van der Waals surface area contributed by atoms with E-state index in [9.17, 15) is 5.11 Å². The van der Waals surface area contributed by atoms with Crippen molar-refractivity contribution in [3.05, 3.63) is 28.8 Å². The van der Waals surface area contributed by atoms with Crippen molar-refractivity contribution in [1.29, 1.82) is 0 Å². The summed E-state index contributed by atoms with van der Waals surface area (Å²) in [5.41, 5.74) is 0.981. The van der Waals surface area contributed by atoms with Gasteiger partial charge in [0.15, 0.2) is 0 Å². The average molecular weight is 298 g/mol. The van der Waals surface area contributed by atoms with Crippen LogP contribution in [-0.4, -0.2) is 30.4 Å². The average Bonchev–Trinajstić information content (AvgIpc) is 3.21. The highest BCUT2D eigenvalue weighted by molar-refractivity contribution is 6.31. The van der Waals surface area contributed by atoms with Crippen molar-refractivity contribution >= 4 is 11.6 Å². The summed E-state index contributed by atoms with van der Waals surface area (Å²) in [6.07, 6.45) is 3.46.